The van der Waals surface area contributed by atoms with Crippen molar-refractivity contribution in [3.8, 4) is 11.1 Å². The van der Waals surface area contributed by atoms with Crippen molar-refractivity contribution in [2.75, 3.05) is 18.4 Å². The maximum Gasteiger partial charge on any atom is 0.243 e. The molecule has 33 heavy (non-hydrogen) atoms. The second-order valence-corrected chi connectivity index (χ2v) is 10.1. The SMILES string of the molecule is CC(=O)c1cc(-c2ccc(S(=O)(=O)N3CC[C@@H](Nc4ccc(C)cn4)[C@@H](O)C3)cc2)ccn1. The maximum absolute atomic E-state index is 13.2. The third-order valence-electron chi connectivity index (χ3n) is 5.74. The van der Waals surface area contributed by atoms with E-state index in [2.05, 4.69) is 15.3 Å². The molecule has 0 aliphatic carbocycles. The number of aliphatic hydroxyl groups is 1. The summed E-state index contributed by atoms with van der Waals surface area (Å²) in [5.41, 5.74) is 2.96. The molecule has 3 aromatic rings. The predicted octanol–water partition coefficient (Wildman–Crippen LogP) is 2.89. The Hall–Kier alpha value is -3.14. The number of Topliss-reactive ketones (excluding diaryl/α,β-unsaturated/α-hetero) is 1. The third kappa shape index (κ3) is 5.11. The van der Waals surface area contributed by atoms with Crippen LogP contribution in [0, 0.1) is 6.92 Å². The van der Waals surface area contributed by atoms with Crippen LogP contribution < -0.4 is 5.32 Å². The number of hydrogen-bond acceptors (Lipinski definition) is 7. The van der Waals surface area contributed by atoms with Crippen LogP contribution in [0.1, 0.15) is 29.4 Å². The van der Waals surface area contributed by atoms with E-state index in [0.717, 1.165) is 16.7 Å². The van der Waals surface area contributed by atoms with Crippen LogP contribution in [0.3, 0.4) is 0 Å². The fourth-order valence-corrected chi connectivity index (χ4v) is 5.28. The van der Waals surface area contributed by atoms with E-state index in [1.165, 1.54) is 11.2 Å². The van der Waals surface area contributed by atoms with Crippen LogP contribution in [0.25, 0.3) is 11.1 Å². The average Bonchev–Trinajstić information content (AvgIpc) is 2.82. The van der Waals surface area contributed by atoms with Crippen molar-refractivity contribution in [1.29, 1.82) is 0 Å². The van der Waals surface area contributed by atoms with Gasteiger partial charge in [0.05, 0.1) is 17.0 Å². The molecule has 3 heterocycles. The number of ketones is 1. The van der Waals surface area contributed by atoms with Gasteiger partial charge >= 0.3 is 0 Å². The number of pyridine rings is 2. The largest absolute Gasteiger partial charge is 0.390 e. The number of β-amino-alcohol motifs (C(OH)–C–C–N with tert-alkyl or cyclic N) is 1. The normalized spacial score (nSPS) is 19.2. The third-order valence-corrected chi connectivity index (χ3v) is 7.61. The number of anilines is 1. The zero-order chi connectivity index (χ0) is 23.6. The van der Waals surface area contributed by atoms with Crippen molar-refractivity contribution in [2.24, 2.45) is 0 Å². The van der Waals surface area contributed by atoms with Crippen LogP contribution in [-0.2, 0) is 10.0 Å². The van der Waals surface area contributed by atoms with Gasteiger partial charge in [-0.2, -0.15) is 4.31 Å². The van der Waals surface area contributed by atoms with Crippen LogP contribution in [0.15, 0.2) is 65.8 Å². The van der Waals surface area contributed by atoms with Gasteiger partial charge < -0.3 is 10.4 Å². The van der Waals surface area contributed by atoms with Crippen molar-refractivity contribution in [3.63, 3.8) is 0 Å². The molecular weight excluding hydrogens is 440 g/mol. The van der Waals surface area contributed by atoms with Gasteiger partial charge in [-0.25, -0.2) is 13.4 Å². The molecule has 1 fully saturated rings. The van der Waals surface area contributed by atoms with Gasteiger partial charge in [0.2, 0.25) is 10.0 Å². The fraction of sp³-hybridized carbons (Fsp3) is 0.292. The Morgan fingerprint density at radius 3 is 2.48 bits per heavy atom. The van der Waals surface area contributed by atoms with E-state index < -0.39 is 16.1 Å². The van der Waals surface area contributed by atoms with Gasteiger partial charge in [-0.1, -0.05) is 18.2 Å². The number of nitrogens with one attached hydrogen (secondary N) is 1. The topological polar surface area (TPSA) is 112 Å². The molecule has 0 radical (unpaired) electrons. The summed E-state index contributed by atoms with van der Waals surface area (Å²) < 4.78 is 27.6. The highest BCUT2D eigenvalue weighted by atomic mass is 32.2. The van der Waals surface area contributed by atoms with Gasteiger partial charge in [-0.3, -0.25) is 9.78 Å². The van der Waals surface area contributed by atoms with Gasteiger partial charge in [0.15, 0.2) is 5.78 Å². The Balaban J connectivity index is 1.45. The van der Waals surface area contributed by atoms with E-state index in [9.17, 15) is 18.3 Å². The highest BCUT2D eigenvalue weighted by molar-refractivity contribution is 7.89. The van der Waals surface area contributed by atoms with Crippen molar-refractivity contribution >= 4 is 21.6 Å². The highest BCUT2D eigenvalue weighted by Crippen LogP contribution is 2.26. The number of sulfonamides is 1. The molecule has 0 bridgehead atoms. The predicted molar refractivity (Wildman–Crippen MR) is 125 cm³/mol. The van der Waals surface area contributed by atoms with Crippen LogP contribution in [-0.4, -0.2) is 58.8 Å². The molecule has 2 atom stereocenters. The molecule has 1 aliphatic rings. The maximum atomic E-state index is 13.2. The molecule has 0 spiro atoms. The lowest BCUT2D eigenvalue weighted by atomic mass is 10.0. The number of hydrogen-bond donors (Lipinski definition) is 2. The van der Waals surface area contributed by atoms with Crippen LogP contribution in [0.2, 0.25) is 0 Å². The van der Waals surface area contributed by atoms with Gasteiger partial charge in [0.25, 0.3) is 0 Å². The zero-order valence-corrected chi connectivity index (χ0v) is 19.3. The smallest absolute Gasteiger partial charge is 0.243 e. The van der Waals surface area contributed by atoms with Crippen LogP contribution >= 0.6 is 0 Å². The van der Waals surface area contributed by atoms with E-state index in [1.54, 1.807) is 48.8 Å². The first kappa shape index (κ1) is 23.0. The number of nitrogens with zero attached hydrogens (tertiary/aromatic N) is 3. The summed E-state index contributed by atoms with van der Waals surface area (Å²) in [4.78, 5) is 20.1. The number of aliphatic hydroxyl groups excluding tert-OH is 1. The lowest BCUT2D eigenvalue weighted by Gasteiger charge is -2.35. The molecule has 0 amide bonds. The fourth-order valence-electron chi connectivity index (χ4n) is 3.80. The van der Waals surface area contributed by atoms with E-state index in [1.807, 2.05) is 19.1 Å². The Labute approximate surface area is 193 Å². The van der Waals surface area contributed by atoms with Gasteiger partial charge in [0.1, 0.15) is 11.5 Å². The van der Waals surface area contributed by atoms with Crippen molar-refractivity contribution in [2.45, 2.75) is 37.3 Å². The summed E-state index contributed by atoms with van der Waals surface area (Å²) in [6.07, 6.45) is 2.89. The van der Waals surface area contributed by atoms with E-state index >= 15 is 0 Å². The summed E-state index contributed by atoms with van der Waals surface area (Å²) in [6.45, 7) is 3.69. The lowest BCUT2D eigenvalue weighted by Crippen LogP contribution is -2.51. The monoisotopic (exact) mass is 466 g/mol. The second kappa shape index (κ2) is 9.38. The minimum absolute atomic E-state index is 0.0000605. The molecule has 4 rings (SSSR count). The Bertz CT molecular complexity index is 1240. The first-order valence-corrected chi connectivity index (χ1v) is 12.1. The minimum atomic E-state index is -3.75. The number of aryl methyl sites for hydroxylation is 1. The first-order valence-electron chi connectivity index (χ1n) is 10.7. The van der Waals surface area contributed by atoms with Crippen LogP contribution in [0.5, 0.6) is 0 Å². The quantitative estimate of drug-likeness (QED) is 0.537. The number of carbonyl (C=O) groups is 1. The number of carbonyl (C=O) groups excluding carboxylic acids is 1. The molecule has 1 aliphatic heterocycles. The molecule has 9 heteroatoms. The number of rotatable bonds is 6. The minimum Gasteiger partial charge on any atom is -0.390 e. The molecule has 172 valence electrons. The van der Waals surface area contributed by atoms with E-state index in [4.69, 9.17) is 0 Å². The highest BCUT2D eigenvalue weighted by Gasteiger charge is 2.34. The van der Waals surface area contributed by atoms with Gasteiger partial charge in [0, 0.05) is 32.4 Å². The standard InChI is InChI=1S/C24H26N4O4S/c1-16-3-8-24(26-14-16)27-21-10-12-28(15-23(21)30)33(31,32)20-6-4-18(5-7-20)19-9-11-25-22(13-19)17(2)29/h3-9,11,13-14,21,23,30H,10,12,15H2,1-2H3,(H,26,27)/t21-,23+/m1/s1. The summed E-state index contributed by atoms with van der Waals surface area (Å²) in [5.74, 6) is 0.520. The summed E-state index contributed by atoms with van der Waals surface area (Å²) in [7, 11) is -3.75. The molecule has 0 unspecified atom stereocenters. The van der Waals surface area contributed by atoms with Crippen molar-refractivity contribution in [3.05, 3.63) is 72.2 Å². The summed E-state index contributed by atoms with van der Waals surface area (Å²) in [6, 6.07) is 13.5. The first-order chi connectivity index (χ1) is 15.7. The zero-order valence-electron chi connectivity index (χ0n) is 18.5. The Morgan fingerprint density at radius 2 is 1.85 bits per heavy atom. The van der Waals surface area contributed by atoms with Gasteiger partial charge in [-0.05, 0) is 60.4 Å². The summed E-state index contributed by atoms with van der Waals surface area (Å²) >= 11 is 0. The molecule has 2 N–H and O–H groups in total. The van der Waals surface area contributed by atoms with E-state index in [-0.39, 0.29) is 29.8 Å². The van der Waals surface area contributed by atoms with Crippen LogP contribution in [0.4, 0.5) is 5.82 Å². The Morgan fingerprint density at radius 1 is 1.09 bits per heavy atom. The Kier molecular flexibility index (Phi) is 6.55. The number of piperidine rings is 1. The molecule has 1 aromatic carbocycles. The molecule has 0 saturated carbocycles. The molecule has 2 aromatic heterocycles. The summed E-state index contributed by atoms with van der Waals surface area (Å²) in [5, 5.41) is 13.8. The second-order valence-electron chi connectivity index (χ2n) is 8.20. The van der Waals surface area contributed by atoms with E-state index in [0.29, 0.717) is 17.9 Å². The van der Waals surface area contributed by atoms with Crippen molar-refractivity contribution in [1.82, 2.24) is 14.3 Å². The van der Waals surface area contributed by atoms with Gasteiger partial charge in [-0.15, -0.1) is 0 Å². The molecule has 8 nitrogen and oxygen atoms in total. The molecule has 1 saturated heterocycles. The average molecular weight is 467 g/mol. The lowest BCUT2D eigenvalue weighted by molar-refractivity contribution is 0.0949. The molecular formula is C24H26N4O4S. The number of aromatic nitrogens is 2. The van der Waals surface area contributed by atoms with Crippen molar-refractivity contribution < 1.29 is 18.3 Å². The number of benzene rings is 1.